The number of fused-ring (bicyclic) bond motifs is 9. The zero-order valence-electron chi connectivity index (χ0n) is 39.9. The Hall–Kier alpha value is -8.08. The second-order valence-electron chi connectivity index (χ2n) is 19.4. The minimum Gasteiger partial charge on any atom is -0.452 e. The number of rotatable bonds is 7. The third-order valence-corrected chi connectivity index (χ3v) is 13.5. The first kappa shape index (κ1) is 41.4. The normalized spacial score (nSPS) is 11.8. The summed E-state index contributed by atoms with van der Waals surface area (Å²) in [4.78, 5) is 4.76. The Morgan fingerprint density at radius 2 is 0.691 bits per heavy atom. The van der Waals surface area contributed by atoms with Gasteiger partial charge in [0.2, 0.25) is 0 Å². The molecule has 2 heterocycles. The lowest BCUT2D eigenvalue weighted by Crippen LogP contribution is -2.11. The van der Waals surface area contributed by atoms with Gasteiger partial charge in [0, 0.05) is 55.7 Å². The molecule has 4 heteroatoms. The zero-order valence-corrected chi connectivity index (χ0v) is 39.9. The molecule has 68 heavy (non-hydrogen) atoms. The molecule has 0 bridgehead atoms. The molecule has 0 saturated carbocycles. The molecule has 0 aliphatic rings. The van der Waals surface area contributed by atoms with Crippen molar-refractivity contribution in [3.05, 3.63) is 214 Å². The standard InChI is InChI=1S/C64H52N2O2/c1-37-18-38(2)23-52(22-37)65(53-24-39(3)19-40(4)25-53)50-16-14-46-32-57-58-36-56(45-12-10-9-11-13-45)62-59-33-47-15-17-51(31-49(47)35-61(59)68-64(62)63(58)67-60(57)34-48(46)30-50)66(54-26-41(5)20-42(6)27-54)55-28-43(7)21-44(8)29-55/h9-36H,1-8H3. The van der Waals surface area contributed by atoms with Crippen LogP contribution in [0.5, 0.6) is 0 Å². The van der Waals surface area contributed by atoms with Crippen molar-refractivity contribution in [1.29, 1.82) is 0 Å². The molecule has 0 N–H and O–H groups in total. The van der Waals surface area contributed by atoms with Crippen molar-refractivity contribution in [2.45, 2.75) is 55.4 Å². The topological polar surface area (TPSA) is 32.8 Å². The summed E-state index contributed by atoms with van der Waals surface area (Å²) in [5.74, 6) is 0. The quantitative estimate of drug-likeness (QED) is 0.160. The molecule has 330 valence electrons. The van der Waals surface area contributed by atoms with Gasteiger partial charge in [0.25, 0.3) is 0 Å². The first-order valence-electron chi connectivity index (χ1n) is 23.6. The Balaban J connectivity index is 1.05. The van der Waals surface area contributed by atoms with Crippen LogP contribution in [0.25, 0.3) is 76.5 Å². The molecule has 12 rings (SSSR count). The molecule has 10 aromatic carbocycles. The average molecular weight is 881 g/mol. The summed E-state index contributed by atoms with van der Waals surface area (Å²) >= 11 is 0. The van der Waals surface area contributed by atoms with Crippen molar-refractivity contribution in [3.63, 3.8) is 0 Å². The Kier molecular flexibility index (Phi) is 9.60. The van der Waals surface area contributed by atoms with E-state index >= 15 is 0 Å². The predicted molar refractivity (Wildman–Crippen MR) is 289 cm³/mol. The van der Waals surface area contributed by atoms with E-state index in [2.05, 4.69) is 235 Å². The molecule has 2 aromatic heterocycles. The van der Waals surface area contributed by atoms with Gasteiger partial charge in [0.15, 0.2) is 11.2 Å². The molecule has 0 radical (unpaired) electrons. The highest BCUT2D eigenvalue weighted by Crippen LogP contribution is 2.47. The molecule has 0 fully saturated rings. The van der Waals surface area contributed by atoms with Crippen LogP contribution >= 0.6 is 0 Å². The highest BCUT2D eigenvalue weighted by molar-refractivity contribution is 6.26. The predicted octanol–water partition coefficient (Wildman–Crippen LogP) is 18.9. The van der Waals surface area contributed by atoms with Crippen molar-refractivity contribution in [2.24, 2.45) is 0 Å². The van der Waals surface area contributed by atoms with Crippen LogP contribution < -0.4 is 9.80 Å². The van der Waals surface area contributed by atoms with Crippen LogP contribution in [0.15, 0.2) is 179 Å². The second kappa shape index (κ2) is 15.8. The summed E-state index contributed by atoms with van der Waals surface area (Å²) < 4.78 is 14.1. The van der Waals surface area contributed by atoms with Crippen LogP contribution in [0.4, 0.5) is 34.1 Å². The van der Waals surface area contributed by atoms with Gasteiger partial charge < -0.3 is 18.6 Å². The van der Waals surface area contributed by atoms with Gasteiger partial charge in [-0.3, -0.25) is 0 Å². The molecule has 0 atom stereocenters. The molecule has 0 aliphatic heterocycles. The van der Waals surface area contributed by atoms with E-state index in [4.69, 9.17) is 8.83 Å². The van der Waals surface area contributed by atoms with E-state index in [-0.39, 0.29) is 0 Å². The maximum atomic E-state index is 7.07. The minimum atomic E-state index is 0.758. The van der Waals surface area contributed by atoms with Gasteiger partial charge >= 0.3 is 0 Å². The van der Waals surface area contributed by atoms with Crippen molar-refractivity contribution >= 4 is 99.5 Å². The van der Waals surface area contributed by atoms with Crippen LogP contribution in [0, 0.1) is 55.4 Å². The van der Waals surface area contributed by atoms with Gasteiger partial charge in [-0.25, -0.2) is 0 Å². The third-order valence-electron chi connectivity index (χ3n) is 13.5. The summed E-state index contributed by atoms with van der Waals surface area (Å²) in [6.07, 6.45) is 0. The number of furan rings is 2. The van der Waals surface area contributed by atoms with Crippen LogP contribution in [-0.4, -0.2) is 0 Å². The average Bonchev–Trinajstić information content (AvgIpc) is 3.84. The van der Waals surface area contributed by atoms with Gasteiger partial charge in [-0.1, -0.05) is 66.7 Å². The first-order valence-corrected chi connectivity index (χ1v) is 23.6. The Labute approximate surface area is 397 Å². The van der Waals surface area contributed by atoms with E-state index in [1.54, 1.807) is 0 Å². The first-order chi connectivity index (χ1) is 32.9. The lowest BCUT2D eigenvalue weighted by atomic mass is 9.95. The van der Waals surface area contributed by atoms with E-state index in [0.717, 1.165) is 111 Å². The van der Waals surface area contributed by atoms with Crippen LogP contribution in [0.2, 0.25) is 0 Å². The van der Waals surface area contributed by atoms with Crippen LogP contribution in [0.1, 0.15) is 44.5 Å². The molecule has 0 aliphatic carbocycles. The Morgan fingerprint density at radius 3 is 1.13 bits per heavy atom. The van der Waals surface area contributed by atoms with E-state index in [1.807, 2.05) is 0 Å². The van der Waals surface area contributed by atoms with Gasteiger partial charge in [-0.2, -0.15) is 0 Å². The highest BCUT2D eigenvalue weighted by atomic mass is 16.4. The molecule has 0 spiro atoms. The number of hydrogen-bond acceptors (Lipinski definition) is 4. The third kappa shape index (κ3) is 7.16. The number of anilines is 6. The molecular weight excluding hydrogens is 829 g/mol. The minimum absolute atomic E-state index is 0.758. The fraction of sp³-hybridized carbons (Fsp3) is 0.125. The van der Waals surface area contributed by atoms with Gasteiger partial charge in [-0.05, 0) is 236 Å². The number of nitrogens with zero attached hydrogens (tertiary/aromatic N) is 2. The van der Waals surface area contributed by atoms with Crippen molar-refractivity contribution < 1.29 is 8.83 Å². The van der Waals surface area contributed by atoms with Crippen molar-refractivity contribution in [1.82, 2.24) is 0 Å². The monoisotopic (exact) mass is 880 g/mol. The lowest BCUT2D eigenvalue weighted by Gasteiger charge is -2.27. The SMILES string of the molecule is Cc1cc(C)cc(N(c2cc(C)cc(C)c2)c2ccc3cc4c(cc3c2)oc2c4cc(-c3ccccc3)c3c4cc5ccc(N(c6cc(C)cc(C)c6)c6cc(C)cc(C)c6)cc5cc4oc23)c1. The number of benzene rings is 10. The fourth-order valence-corrected chi connectivity index (χ4v) is 11.0. The maximum Gasteiger partial charge on any atom is 0.179 e. The second-order valence-corrected chi connectivity index (χ2v) is 19.4. The van der Waals surface area contributed by atoms with Gasteiger partial charge in [0.05, 0.1) is 0 Å². The van der Waals surface area contributed by atoms with Gasteiger partial charge in [0.1, 0.15) is 11.2 Å². The Bertz CT molecular complexity index is 3840. The van der Waals surface area contributed by atoms with E-state index in [0.29, 0.717) is 0 Å². The van der Waals surface area contributed by atoms with Crippen LogP contribution in [-0.2, 0) is 0 Å². The van der Waals surface area contributed by atoms with Crippen molar-refractivity contribution in [2.75, 3.05) is 9.80 Å². The summed E-state index contributed by atoms with van der Waals surface area (Å²) in [6.45, 7) is 17.4. The summed E-state index contributed by atoms with van der Waals surface area (Å²) in [7, 11) is 0. The summed E-state index contributed by atoms with van der Waals surface area (Å²) in [5.41, 5.74) is 22.0. The fourth-order valence-electron chi connectivity index (χ4n) is 11.0. The number of aryl methyl sites for hydroxylation is 8. The molecule has 4 nitrogen and oxygen atoms in total. The van der Waals surface area contributed by atoms with Crippen LogP contribution in [0.3, 0.4) is 0 Å². The maximum absolute atomic E-state index is 7.07. The van der Waals surface area contributed by atoms with E-state index in [9.17, 15) is 0 Å². The van der Waals surface area contributed by atoms with Gasteiger partial charge in [-0.15, -0.1) is 0 Å². The number of hydrogen-bond donors (Lipinski definition) is 0. The molecular formula is C64H52N2O2. The van der Waals surface area contributed by atoms with Crippen molar-refractivity contribution in [3.8, 4) is 11.1 Å². The molecule has 0 unspecified atom stereocenters. The highest BCUT2D eigenvalue weighted by Gasteiger charge is 2.23. The zero-order chi connectivity index (χ0) is 46.5. The lowest BCUT2D eigenvalue weighted by molar-refractivity contribution is 0.634. The smallest absolute Gasteiger partial charge is 0.179 e. The largest absolute Gasteiger partial charge is 0.452 e. The van der Waals surface area contributed by atoms with E-state index < -0.39 is 0 Å². The molecule has 0 saturated heterocycles. The Morgan fingerprint density at radius 1 is 0.294 bits per heavy atom. The molecule has 0 amide bonds. The summed E-state index contributed by atoms with van der Waals surface area (Å²) in [6, 6.07) is 62.7. The van der Waals surface area contributed by atoms with E-state index in [1.165, 1.54) is 44.5 Å². The summed E-state index contributed by atoms with van der Waals surface area (Å²) in [5, 5.41) is 8.72. The molecule has 12 aromatic rings.